The molecule has 0 spiro atoms. The second-order valence-electron chi connectivity index (χ2n) is 13.4. The average molecular weight is 531 g/mol. The molecule has 0 aromatic rings. The maximum absolute atomic E-state index is 13.9. The van der Waals surface area contributed by atoms with Crippen LogP contribution >= 0.6 is 0 Å². The van der Waals surface area contributed by atoms with E-state index in [0.29, 0.717) is 31.3 Å². The minimum atomic E-state index is -1.01. The normalized spacial score (nSPS) is 43.5. The largest absolute Gasteiger partial charge is 0.478 e. The van der Waals surface area contributed by atoms with Crippen LogP contribution in [0.3, 0.4) is 0 Å². The molecule has 4 aliphatic rings. The fourth-order valence-corrected chi connectivity index (χ4v) is 9.15. The van der Waals surface area contributed by atoms with Gasteiger partial charge in [0.2, 0.25) is 0 Å². The third kappa shape index (κ3) is 4.43. The lowest BCUT2D eigenvalue weighted by molar-refractivity contribution is -0.191. The lowest BCUT2D eigenvalue weighted by atomic mass is 9.40. The van der Waals surface area contributed by atoms with E-state index in [-0.39, 0.29) is 53.3 Å². The molecule has 1 unspecified atom stereocenters. The first-order valence-electron chi connectivity index (χ1n) is 14.3. The minimum Gasteiger partial charge on any atom is -0.478 e. The van der Waals surface area contributed by atoms with Crippen molar-refractivity contribution in [3.63, 3.8) is 0 Å². The second-order valence-corrected chi connectivity index (χ2v) is 13.4. The molecule has 3 saturated carbocycles. The number of carboxylic acids is 1. The van der Waals surface area contributed by atoms with Crippen LogP contribution in [0.5, 0.6) is 0 Å². The first kappa shape index (κ1) is 28.8. The van der Waals surface area contributed by atoms with Gasteiger partial charge in [0.1, 0.15) is 6.10 Å². The molecular weight excluding hydrogens is 484 g/mol. The summed E-state index contributed by atoms with van der Waals surface area (Å²) in [5, 5.41) is 21.0. The molecule has 2 N–H and O–H groups in total. The Hall–Kier alpha value is -2.15. The molecular formula is C31H46O7. The predicted octanol–water partition coefficient (Wildman–Crippen LogP) is 5.46. The number of carbonyl (C=O) groups is 3. The molecule has 7 heteroatoms. The van der Waals surface area contributed by atoms with Crippen molar-refractivity contribution < 1.29 is 34.1 Å². The number of hydrogen-bond acceptors (Lipinski definition) is 6. The van der Waals surface area contributed by atoms with Crippen LogP contribution in [0.2, 0.25) is 0 Å². The summed E-state index contributed by atoms with van der Waals surface area (Å²) in [4.78, 5) is 38.8. The van der Waals surface area contributed by atoms with E-state index in [1.165, 1.54) is 6.92 Å². The number of aliphatic hydroxyl groups is 1. The standard InChI is InChI=1S/C31H46O7/c1-17(2)9-8-10-20(27(34)35)25-22-16-37-28(36)26-29(5)13-12-23(33)18(3)21(29)11-14-30(26,6)31(22,7)15-24(25)38-19(4)32/h9,18,21-24,26,33H,8,10-16H2,1-7H3,(H,34,35)/b25-20-/t18-,21?,22-,23+,24-,26-,29-,30-,31-/m0/s1. The Morgan fingerprint density at radius 1 is 1.11 bits per heavy atom. The van der Waals surface area contributed by atoms with E-state index >= 15 is 0 Å². The van der Waals surface area contributed by atoms with Crippen molar-refractivity contribution in [1.29, 1.82) is 0 Å². The van der Waals surface area contributed by atoms with Crippen molar-refractivity contribution >= 4 is 17.9 Å². The van der Waals surface area contributed by atoms with Gasteiger partial charge in [-0.05, 0) is 92.4 Å². The van der Waals surface area contributed by atoms with E-state index in [2.05, 4.69) is 27.7 Å². The van der Waals surface area contributed by atoms with Gasteiger partial charge >= 0.3 is 17.9 Å². The van der Waals surface area contributed by atoms with Gasteiger partial charge in [0.05, 0.1) is 18.6 Å². The maximum Gasteiger partial charge on any atom is 0.331 e. The molecule has 4 fully saturated rings. The maximum atomic E-state index is 13.9. The van der Waals surface area contributed by atoms with Crippen molar-refractivity contribution in [2.24, 2.45) is 39.9 Å². The molecule has 3 aliphatic carbocycles. The molecule has 38 heavy (non-hydrogen) atoms. The lowest BCUT2D eigenvalue weighted by Gasteiger charge is -2.62. The van der Waals surface area contributed by atoms with Crippen LogP contribution in [-0.2, 0) is 23.9 Å². The quantitative estimate of drug-likeness (QED) is 0.276. The van der Waals surface area contributed by atoms with Crippen molar-refractivity contribution in [2.75, 3.05) is 6.61 Å². The molecule has 0 radical (unpaired) electrons. The summed E-state index contributed by atoms with van der Waals surface area (Å²) in [7, 11) is 0. The van der Waals surface area contributed by atoms with E-state index in [0.717, 1.165) is 24.8 Å². The SMILES string of the molecule is CC(=O)O[C@H]1C[C@@]2(C)[C@@H](COC(=O)[C@H]3[C@@]4(C)CC[C@@H](O)[C@@H](C)C4CC[C@@]32C)/C1=C(\CCC=C(C)C)C(=O)O. The summed E-state index contributed by atoms with van der Waals surface area (Å²) in [6, 6.07) is 0. The number of hydrogen-bond donors (Lipinski definition) is 2. The molecule has 7 nitrogen and oxygen atoms in total. The molecule has 4 rings (SSSR count). The Morgan fingerprint density at radius 3 is 2.39 bits per heavy atom. The van der Waals surface area contributed by atoms with Gasteiger partial charge in [-0.3, -0.25) is 9.59 Å². The number of cyclic esters (lactones) is 1. The number of aliphatic hydroxyl groups excluding tert-OH is 1. The third-order valence-corrected chi connectivity index (χ3v) is 11.2. The summed E-state index contributed by atoms with van der Waals surface area (Å²) in [6.07, 6.45) is 5.42. The lowest BCUT2D eigenvalue weighted by Crippen LogP contribution is -2.61. The number of fused-ring (bicyclic) bond motifs is 5. The highest BCUT2D eigenvalue weighted by atomic mass is 16.5. The predicted molar refractivity (Wildman–Crippen MR) is 143 cm³/mol. The molecule has 9 atom stereocenters. The van der Waals surface area contributed by atoms with Crippen molar-refractivity contribution in [3.05, 3.63) is 22.8 Å². The fraction of sp³-hybridized carbons (Fsp3) is 0.774. The monoisotopic (exact) mass is 530 g/mol. The Bertz CT molecular complexity index is 1050. The Kier molecular flexibility index (Phi) is 7.67. The van der Waals surface area contributed by atoms with Crippen LogP contribution in [0.4, 0.5) is 0 Å². The zero-order valence-corrected chi connectivity index (χ0v) is 24.1. The van der Waals surface area contributed by atoms with Gasteiger partial charge in [0.25, 0.3) is 0 Å². The molecule has 0 bridgehead atoms. The molecule has 0 aromatic carbocycles. The van der Waals surface area contributed by atoms with E-state index < -0.39 is 28.9 Å². The van der Waals surface area contributed by atoms with Crippen LogP contribution in [0, 0.1) is 39.9 Å². The Balaban J connectivity index is 1.86. The van der Waals surface area contributed by atoms with Gasteiger partial charge in [-0.2, -0.15) is 0 Å². The number of esters is 2. The first-order valence-corrected chi connectivity index (χ1v) is 14.3. The molecule has 1 heterocycles. The second kappa shape index (κ2) is 10.1. The number of allylic oxidation sites excluding steroid dienone is 2. The van der Waals surface area contributed by atoms with Gasteiger partial charge in [-0.1, -0.05) is 39.3 Å². The average Bonchev–Trinajstić information content (AvgIpc) is 3.04. The summed E-state index contributed by atoms with van der Waals surface area (Å²) < 4.78 is 11.9. The molecule has 1 aliphatic heterocycles. The number of aliphatic carboxylic acids is 1. The fourth-order valence-electron chi connectivity index (χ4n) is 9.15. The highest BCUT2D eigenvalue weighted by molar-refractivity contribution is 5.88. The van der Waals surface area contributed by atoms with E-state index in [1.807, 2.05) is 19.9 Å². The van der Waals surface area contributed by atoms with Crippen LogP contribution in [0.25, 0.3) is 0 Å². The number of carboxylic acid groups (broad SMARTS) is 1. The van der Waals surface area contributed by atoms with Crippen LogP contribution < -0.4 is 0 Å². The number of carbonyl (C=O) groups excluding carboxylic acids is 2. The van der Waals surface area contributed by atoms with Crippen LogP contribution in [-0.4, -0.2) is 46.9 Å². The topological polar surface area (TPSA) is 110 Å². The van der Waals surface area contributed by atoms with Crippen molar-refractivity contribution in [3.8, 4) is 0 Å². The van der Waals surface area contributed by atoms with Crippen LogP contribution in [0.1, 0.15) is 93.4 Å². The van der Waals surface area contributed by atoms with Gasteiger partial charge in [-0.15, -0.1) is 0 Å². The Labute approximate surface area is 227 Å². The molecule has 1 saturated heterocycles. The highest BCUT2D eigenvalue weighted by Gasteiger charge is 2.70. The van der Waals surface area contributed by atoms with Crippen LogP contribution in [0.15, 0.2) is 22.8 Å². The summed E-state index contributed by atoms with van der Waals surface area (Å²) in [5.74, 6) is -2.08. The van der Waals surface area contributed by atoms with Gasteiger partial charge in [0.15, 0.2) is 0 Å². The minimum absolute atomic E-state index is 0.0902. The van der Waals surface area contributed by atoms with E-state index in [1.54, 1.807) is 0 Å². The number of rotatable bonds is 5. The molecule has 0 aromatic heterocycles. The van der Waals surface area contributed by atoms with Crippen molar-refractivity contribution in [1.82, 2.24) is 0 Å². The summed E-state index contributed by atoms with van der Waals surface area (Å²) in [6.45, 7) is 14.1. The smallest absolute Gasteiger partial charge is 0.331 e. The zero-order valence-electron chi connectivity index (χ0n) is 24.1. The van der Waals surface area contributed by atoms with Gasteiger partial charge in [0, 0.05) is 18.4 Å². The van der Waals surface area contributed by atoms with E-state index in [4.69, 9.17) is 9.47 Å². The van der Waals surface area contributed by atoms with Gasteiger partial charge < -0.3 is 19.7 Å². The van der Waals surface area contributed by atoms with Crippen molar-refractivity contribution in [2.45, 2.75) is 106 Å². The number of ether oxygens (including phenoxy) is 2. The first-order chi connectivity index (χ1) is 17.7. The van der Waals surface area contributed by atoms with E-state index in [9.17, 15) is 24.6 Å². The summed E-state index contributed by atoms with van der Waals surface area (Å²) >= 11 is 0. The third-order valence-electron chi connectivity index (χ3n) is 11.2. The van der Waals surface area contributed by atoms with Gasteiger partial charge in [-0.25, -0.2) is 4.79 Å². The highest BCUT2D eigenvalue weighted by Crippen LogP contribution is 2.71. The summed E-state index contributed by atoms with van der Waals surface area (Å²) in [5.41, 5.74) is 0.680. The zero-order chi connectivity index (χ0) is 28.2. The molecule has 212 valence electrons. The molecule has 0 amide bonds. The Morgan fingerprint density at radius 2 is 1.79 bits per heavy atom.